The summed E-state index contributed by atoms with van der Waals surface area (Å²) < 4.78 is 45.0. The molecule has 2 amide bonds. The normalized spacial score (nSPS) is 15.8. The molecule has 128 valence electrons. The van der Waals surface area contributed by atoms with Gasteiger partial charge in [-0.25, -0.2) is 0 Å². The molecule has 23 heavy (non-hydrogen) atoms. The Balaban J connectivity index is 1.69. The zero-order valence-electron chi connectivity index (χ0n) is 12.3. The highest BCUT2D eigenvalue weighted by atomic mass is 19.4. The van der Waals surface area contributed by atoms with Crippen LogP contribution in [-0.4, -0.2) is 67.2 Å². The van der Waals surface area contributed by atoms with Gasteiger partial charge in [0.1, 0.15) is 12.9 Å². The molecule has 0 saturated carbocycles. The maximum atomic E-state index is 12.1. The minimum absolute atomic E-state index is 0.105. The van der Waals surface area contributed by atoms with Crippen molar-refractivity contribution >= 4 is 11.8 Å². The Morgan fingerprint density at radius 2 is 1.83 bits per heavy atom. The molecule has 2 heterocycles. The van der Waals surface area contributed by atoms with Gasteiger partial charge < -0.3 is 19.0 Å². The smallest absolute Gasteiger partial charge is 0.411 e. The predicted molar refractivity (Wildman–Crippen MR) is 72.7 cm³/mol. The maximum absolute atomic E-state index is 12.1. The van der Waals surface area contributed by atoms with Crippen molar-refractivity contribution in [3.05, 3.63) is 24.2 Å². The van der Waals surface area contributed by atoms with Gasteiger partial charge in [0.25, 0.3) is 5.91 Å². The first kappa shape index (κ1) is 17.3. The maximum Gasteiger partial charge on any atom is 0.411 e. The molecule has 1 saturated heterocycles. The molecule has 0 bridgehead atoms. The summed E-state index contributed by atoms with van der Waals surface area (Å²) in [5, 5.41) is 0. The molecule has 0 aliphatic carbocycles. The summed E-state index contributed by atoms with van der Waals surface area (Å²) in [5.74, 6) is -0.443. The lowest BCUT2D eigenvalue weighted by Gasteiger charge is -2.34. The van der Waals surface area contributed by atoms with Crippen molar-refractivity contribution in [2.24, 2.45) is 0 Å². The lowest BCUT2D eigenvalue weighted by atomic mass is 10.2. The van der Waals surface area contributed by atoms with Crippen LogP contribution in [0.25, 0.3) is 0 Å². The van der Waals surface area contributed by atoms with E-state index in [0.29, 0.717) is 31.7 Å². The van der Waals surface area contributed by atoms with E-state index in [1.54, 1.807) is 11.0 Å². The number of rotatable bonds is 5. The zero-order valence-corrected chi connectivity index (χ0v) is 12.3. The lowest BCUT2D eigenvalue weighted by Crippen LogP contribution is -2.50. The van der Waals surface area contributed by atoms with E-state index in [9.17, 15) is 22.8 Å². The number of amides is 2. The lowest BCUT2D eigenvalue weighted by molar-refractivity contribution is -0.175. The topological polar surface area (TPSA) is 63.0 Å². The average Bonchev–Trinajstić information content (AvgIpc) is 3.04. The van der Waals surface area contributed by atoms with Gasteiger partial charge in [-0.05, 0) is 6.07 Å². The fraction of sp³-hybridized carbons (Fsp3) is 0.571. The summed E-state index contributed by atoms with van der Waals surface area (Å²) in [6, 6.07) is 1.57. The number of carbonyl (C=O) groups excluding carboxylic acids is 2. The Morgan fingerprint density at radius 1 is 1.17 bits per heavy atom. The molecule has 0 spiro atoms. The molecule has 1 aromatic rings. The number of hydrogen-bond acceptors (Lipinski definition) is 4. The van der Waals surface area contributed by atoms with Crippen molar-refractivity contribution in [2.75, 3.05) is 39.4 Å². The number of hydrogen-bond donors (Lipinski definition) is 0. The Morgan fingerprint density at radius 3 is 2.39 bits per heavy atom. The first-order valence-electron chi connectivity index (χ1n) is 7.10. The number of furan rings is 1. The second kappa shape index (κ2) is 7.49. The highest BCUT2D eigenvalue weighted by Crippen LogP contribution is 2.15. The van der Waals surface area contributed by atoms with Gasteiger partial charge in [-0.1, -0.05) is 0 Å². The first-order chi connectivity index (χ1) is 10.9. The summed E-state index contributed by atoms with van der Waals surface area (Å²) in [7, 11) is 0. The third-order valence-corrected chi connectivity index (χ3v) is 3.41. The van der Waals surface area contributed by atoms with Crippen LogP contribution in [0.1, 0.15) is 16.8 Å². The number of halogens is 3. The highest BCUT2D eigenvalue weighted by molar-refractivity contribution is 5.94. The van der Waals surface area contributed by atoms with E-state index in [2.05, 4.69) is 4.74 Å². The fourth-order valence-corrected chi connectivity index (χ4v) is 2.23. The Bertz CT molecular complexity index is 523. The minimum atomic E-state index is -4.39. The molecular formula is C14H17F3N2O4. The van der Waals surface area contributed by atoms with Gasteiger partial charge in [0.15, 0.2) is 0 Å². The molecule has 6 nitrogen and oxygen atoms in total. The quantitative estimate of drug-likeness (QED) is 0.766. The molecule has 9 heteroatoms. The van der Waals surface area contributed by atoms with Crippen LogP contribution in [0, 0.1) is 0 Å². The van der Waals surface area contributed by atoms with E-state index in [4.69, 9.17) is 4.42 Å². The SMILES string of the molecule is O=C(CCOCC(F)(F)F)N1CCN(C(=O)c2ccoc2)CC1. The largest absolute Gasteiger partial charge is 0.472 e. The summed E-state index contributed by atoms with van der Waals surface area (Å²) in [6.45, 7) is -0.179. The van der Waals surface area contributed by atoms with Gasteiger partial charge in [-0.3, -0.25) is 9.59 Å². The third kappa shape index (κ3) is 5.27. The van der Waals surface area contributed by atoms with Crippen LogP contribution in [0.4, 0.5) is 13.2 Å². The van der Waals surface area contributed by atoms with Crippen LogP contribution in [0.3, 0.4) is 0 Å². The van der Waals surface area contributed by atoms with Crippen LogP contribution in [0.5, 0.6) is 0 Å². The molecule has 1 fully saturated rings. The molecule has 1 aliphatic rings. The number of piperazine rings is 1. The van der Waals surface area contributed by atoms with E-state index >= 15 is 0 Å². The molecule has 0 unspecified atom stereocenters. The Kier molecular flexibility index (Phi) is 5.64. The third-order valence-electron chi connectivity index (χ3n) is 3.41. The van der Waals surface area contributed by atoms with Crippen molar-refractivity contribution in [1.82, 2.24) is 9.80 Å². The van der Waals surface area contributed by atoms with Crippen molar-refractivity contribution < 1.29 is 31.9 Å². The predicted octanol–water partition coefficient (Wildman–Crippen LogP) is 1.53. The molecule has 1 aliphatic heterocycles. The van der Waals surface area contributed by atoms with Crippen molar-refractivity contribution in [3.8, 4) is 0 Å². The second-order valence-electron chi connectivity index (χ2n) is 5.10. The van der Waals surface area contributed by atoms with Gasteiger partial charge >= 0.3 is 6.18 Å². The van der Waals surface area contributed by atoms with Gasteiger partial charge in [-0.2, -0.15) is 13.2 Å². The molecule has 0 N–H and O–H groups in total. The van der Waals surface area contributed by atoms with Crippen molar-refractivity contribution in [2.45, 2.75) is 12.6 Å². The number of ether oxygens (including phenoxy) is 1. The first-order valence-corrected chi connectivity index (χ1v) is 7.10. The van der Waals surface area contributed by atoms with Gasteiger partial charge in [-0.15, -0.1) is 0 Å². The van der Waals surface area contributed by atoms with Crippen LogP contribution in [0.2, 0.25) is 0 Å². The monoisotopic (exact) mass is 334 g/mol. The standard InChI is InChI=1S/C14H17F3N2O4/c15-14(16,17)10-23-8-2-12(20)18-3-5-19(6-4-18)13(21)11-1-7-22-9-11/h1,7,9H,2-6,8,10H2. The Labute approximate surface area is 130 Å². The van der Waals surface area contributed by atoms with Crippen LogP contribution < -0.4 is 0 Å². The Hall–Kier alpha value is -2.03. The van der Waals surface area contributed by atoms with Crippen molar-refractivity contribution in [1.29, 1.82) is 0 Å². The number of carbonyl (C=O) groups is 2. The average molecular weight is 334 g/mol. The van der Waals surface area contributed by atoms with Crippen LogP contribution in [-0.2, 0) is 9.53 Å². The summed E-state index contributed by atoms with van der Waals surface area (Å²) in [5.41, 5.74) is 0.449. The summed E-state index contributed by atoms with van der Waals surface area (Å²) >= 11 is 0. The van der Waals surface area contributed by atoms with Gasteiger partial charge in [0.05, 0.1) is 24.9 Å². The zero-order chi connectivity index (χ0) is 16.9. The molecule has 0 radical (unpaired) electrons. The molecule has 1 aromatic heterocycles. The van der Waals surface area contributed by atoms with Crippen molar-refractivity contribution in [3.63, 3.8) is 0 Å². The van der Waals surface area contributed by atoms with Crippen LogP contribution >= 0.6 is 0 Å². The second-order valence-corrected chi connectivity index (χ2v) is 5.10. The highest BCUT2D eigenvalue weighted by Gasteiger charge is 2.28. The molecular weight excluding hydrogens is 317 g/mol. The number of nitrogens with zero attached hydrogens (tertiary/aromatic N) is 2. The van der Waals surface area contributed by atoms with E-state index in [-0.39, 0.29) is 24.8 Å². The molecule has 0 aromatic carbocycles. The van der Waals surface area contributed by atoms with E-state index in [0.717, 1.165) is 0 Å². The minimum Gasteiger partial charge on any atom is -0.472 e. The van der Waals surface area contributed by atoms with E-state index in [1.807, 2.05) is 0 Å². The van der Waals surface area contributed by atoms with E-state index < -0.39 is 12.8 Å². The summed E-state index contributed by atoms with van der Waals surface area (Å²) in [4.78, 5) is 27.1. The number of alkyl halides is 3. The van der Waals surface area contributed by atoms with Gasteiger partial charge in [0.2, 0.25) is 5.91 Å². The fourth-order valence-electron chi connectivity index (χ4n) is 2.23. The molecule has 0 atom stereocenters. The summed E-state index contributed by atoms with van der Waals surface area (Å²) in [6.07, 6.45) is -1.72. The van der Waals surface area contributed by atoms with E-state index in [1.165, 1.54) is 17.4 Å². The molecule has 2 rings (SSSR count). The van der Waals surface area contributed by atoms with Gasteiger partial charge in [0, 0.05) is 26.2 Å². The van der Waals surface area contributed by atoms with Crippen LogP contribution in [0.15, 0.2) is 23.0 Å².